The summed E-state index contributed by atoms with van der Waals surface area (Å²) in [6.45, 7) is 0.843. The van der Waals surface area contributed by atoms with Crippen molar-refractivity contribution in [2.75, 3.05) is 6.61 Å². The van der Waals surface area contributed by atoms with Crippen LogP contribution in [0.3, 0.4) is 0 Å². The second kappa shape index (κ2) is 11.9. The van der Waals surface area contributed by atoms with E-state index in [1.807, 2.05) is 12.3 Å². The third-order valence-electron chi connectivity index (χ3n) is 13.6. The normalized spacial score (nSPS) is 20.2. The van der Waals surface area contributed by atoms with Crippen molar-refractivity contribution in [3.05, 3.63) is 114 Å². The summed E-state index contributed by atoms with van der Waals surface area (Å²) in [7, 11) is 0. The third-order valence-corrected chi connectivity index (χ3v) is 13.6. The van der Waals surface area contributed by atoms with Crippen molar-refractivity contribution in [2.24, 2.45) is 0 Å². The van der Waals surface area contributed by atoms with Gasteiger partial charge >= 0.3 is 0 Å². The number of nitrogens with zero attached hydrogens (tertiary/aromatic N) is 2. The number of rotatable bonds is 0. The Morgan fingerprint density at radius 2 is 1.37 bits per heavy atom. The number of benzene rings is 5. The summed E-state index contributed by atoms with van der Waals surface area (Å²) >= 11 is 0. The fourth-order valence-electron chi connectivity index (χ4n) is 11.0. The number of aromatic nitrogens is 2. The van der Waals surface area contributed by atoms with Gasteiger partial charge in [-0.3, -0.25) is 9.78 Å². The van der Waals surface area contributed by atoms with Gasteiger partial charge in [-0.05, 0) is 71.9 Å². The molecular formula is C47H40IrN2O2-2. The molecular weight excluding hydrogens is 817 g/mol. The summed E-state index contributed by atoms with van der Waals surface area (Å²) < 4.78 is 6.15. The maximum Gasteiger partial charge on any atom is 0.155 e. The number of hydrogen-bond donors (Lipinski definition) is 0. The van der Waals surface area contributed by atoms with Gasteiger partial charge in [0, 0.05) is 43.3 Å². The Bertz CT molecular complexity index is 2590. The zero-order valence-corrected chi connectivity index (χ0v) is 31.7. The van der Waals surface area contributed by atoms with E-state index in [0.29, 0.717) is 5.78 Å². The first-order chi connectivity index (χ1) is 25.1. The second-order valence-electron chi connectivity index (χ2n) is 16.1. The van der Waals surface area contributed by atoms with Gasteiger partial charge in [0.1, 0.15) is 0 Å². The molecule has 3 saturated carbocycles. The third kappa shape index (κ3) is 4.45. The average molecular weight is 857 g/mol. The SMILES string of the molecule is O=C1C2(CCCC2)c2cc3ccc4cc5ccccc5[c-]c4c3nc2C12CCCC2.[Ir].[c-]1cc2c(c3ccc4cccnc4c13)OCC21CCCC1. The number of pyridine rings is 2. The number of ether oxygens (including phenoxy) is 1. The molecule has 5 aromatic carbocycles. The summed E-state index contributed by atoms with van der Waals surface area (Å²) in [5.41, 5.74) is 5.48. The van der Waals surface area contributed by atoms with Crippen LogP contribution in [0.2, 0.25) is 0 Å². The standard InChI is InChI=1S/C28H24NO.C19H16NO.Ir/c30-26-27(11-3-4-12-27)23-17-21-10-9-20-15-18-7-1-2-8-19(18)16-22(20)24(21)29-25(23)28(26)13-5-6-14-28;1-2-10-19(9-1)12-21-18-15-6-5-13-4-3-11-20-17(13)14(15)7-8-16(18)19;/h1-2,7-10,15,17H,3-6,11-14H2;3-6,8,11H,1-2,9-10,12H2;/q2*-1;. The van der Waals surface area contributed by atoms with Crippen LogP contribution < -0.4 is 4.74 Å². The Morgan fingerprint density at radius 1 is 0.654 bits per heavy atom. The molecule has 4 nitrogen and oxygen atoms in total. The minimum absolute atomic E-state index is 0. The van der Waals surface area contributed by atoms with Gasteiger partial charge < -0.3 is 9.72 Å². The van der Waals surface area contributed by atoms with E-state index in [9.17, 15) is 4.79 Å². The largest absolute Gasteiger partial charge is 0.512 e. The molecule has 0 N–H and O–H groups in total. The summed E-state index contributed by atoms with van der Waals surface area (Å²) in [5.74, 6) is 1.58. The van der Waals surface area contributed by atoms with Gasteiger partial charge in [0.15, 0.2) is 5.78 Å². The maximum absolute atomic E-state index is 14.0. The molecule has 0 atom stereocenters. The molecule has 5 aliphatic rings. The van der Waals surface area contributed by atoms with Gasteiger partial charge in [-0.1, -0.05) is 120 Å². The zero-order valence-electron chi connectivity index (χ0n) is 29.3. The Morgan fingerprint density at radius 3 is 2.19 bits per heavy atom. The van der Waals surface area contributed by atoms with Gasteiger partial charge in [-0.15, -0.1) is 41.1 Å². The summed E-state index contributed by atoms with van der Waals surface area (Å²) in [4.78, 5) is 23.9. The number of ketones is 1. The molecule has 1 aliphatic heterocycles. The summed E-state index contributed by atoms with van der Waals surface area (Å²) in [6, 6.07) is 35.1. The van der Waals surface area contributed by atoms with E-state index in [1.54, 1.807) is 0 Å². The van der Waals surface area contributed by atoms with Crippen LogP contribution in [-0.4, -0.2) is 22.4 Å². The first-order valence-corrected chi connectivity index (χ1v) is 19.2. The first-order valence-electron chi connectivity index (χ1n) is 19.2. The number of fused-ring (bicyclic) bond motifs is 13. The molecule has 3 spiro atoms. The van der Waals surface area contributed by atoms with Crippen LogP contribution >= 0.6 is 0 Å². The van der Waals surface area contributed by atoms with Gasteiger partial charge in [0.05, 0.1) is 17.4 Å². The molecule has 0 amide bonds. The molecule has 3 heterocycles. The first kappa shape index (κ1) is 32.5. The van der Waals surface area contributed by atoms with Crippen LogP contribution in [0, 0.1) is 12.1 Å². The topological polar surface area (TPSA) is 52.1 Å². The molecule has 3 fully saturated rings. The summed E-state index contributed by atoms with van der Waals surface area (Å²) in [5, 5.41) is 9.16. The van der Waals surface area contributed by atoms with Crippen molar-refractivity contribution in [3.8, 4) is 5.75 Å². The van der Waals surface area contributed by atoms with Crippen LogP contribution in [0.4, 0.5) is 0 Å². The molecule has 0 bridgehead atoms. The van der Waals surface area contributed by atoms with Gasteiger partial charge in [-0.2, -0.15) is 0 Å². The molecule has 4 aliphatic carbocycles. The minimum atomic E-state index is -0.327. The van der Waals surface area contributed by atoms with E-state index in [1.165, 1.54) is 53.0 Å². The Balaban J connectivity index is 0.000000135. The Hall–Kier alpha value is -4.18. The zero-order chi connectivity index (χ0) is 33.8. The van der Waals surface area contributed by atoms with E-state index in [-0.39, 0.29) is 36.4 Å². The fraction of sp³-hybridized carbons (Fsp3) is 0.340. The number of carbonyl (C=O) groups excluding carboxylic acids is 1. The molecule has 0 saturated heterocycles. The fourth-order valence-corrected chi connectivity index (χ4v) is 11.0. The second-order valence-corrected chi connectivity index (χ2v) is 16.1. The van der Waals surface area contributed by atoms with Gasteiger partial charge in [0.25, 0.3) is 0 Å². The molecule has 1 radical (unpaired) electrons. The van der Waals surface area contributed by atoms with Gasteiger partial charge in [-0.25, -0.2) is 0 Å². The van der Waals surface area contributed by atoms with Crippen molar-refractivity contribution in [2.45, 2.75) is 93.3 Å². The van der Waals surface area contributed by atoms with E-state index in [4.69, 9.17) is 9.72 Å². The molecule has 261 valence electrons. The van der Waals surface area contributed by atoms with Crippen molar-refractivity contribution in [3.63, 3.8) is 0 Å². The van der Waals surface area contributed by atoms with Crippen molar-refractivity contribution in [1.29, 1.82) is 0 Å². The van der Waals surface area contributed by atoms with Crippen molar-refractivity contribution in [1.82, 2.24) is 9.97 Å². The van der Waals surface area contributed by atoms with E-state index in [2.05, 4.69) is 89.9 Å². The van der Waals surface area contributed by atoms with E-state index in [0.717, 1.165) is 107 Å². The number of Topliss-reactive ketones (excluding diaryl/α,β-unsaturated/α-hetero) is 1. The van der Waals surface area contributed by atoms with Crippen LogP contribution in [0.5, 0.6) is 5.75 Å². The monoisotopic (exact) mass is 857 g/mol. The molecule has 12 rings (SSSR count). The maximum atomic E-state index is 14.0. The minimum Gasteiger partial charge on any atom is -0.512 e. The van der Waals surface area contributed by atoms with Gasteiger partial charge in [0.2, 0.25) is 0 Å². The van der Waals surface area contributed by atoms with Crippen LogP contribution in [0.25, 0.3) is 54.1 Å². The summed E-state index contributed by atoms with van der Waals surface area (Å²) in [6.07, 6.45) is 15.6. The molecule has 52 heavy (non-hydrogen) atoms. The molecule has 0 unspecified atom stereocenters. The smallest absolute Gasteiger partial charge is 0.155 e. The van der Waals surface area contributed by atoms with E-state index < -0.39 is 0 Å². The van der Waals surface area contributed by atoms with Crippen LogP contribution in [-0.2, 0) is 41.1 Å². The molecule has 7 aromatic rings. The predicted molar refractivity (Wildman–Crippen MR) is 205 cm³/mol. The van der Waals surface area contributed by atoms with Crippen LogP contribution in [0.1, 0.15) is 93.9 Å². The van der Waals surface area contributed by atoms with Crippen molar-refractivity contribution < 1.29 is 29.6 Å². The number of carbonyl (C=O) groups is 1. The predicted octanol–water partition coefficient (Wildman–Crippen LogP) is 10.9. The Labute approximate surface area is 317 Å². The number of hydrogen-bond acceptors (Lipinski definition) is 4. The molecule has 2 aromatic heterocycles. The van der Waals surface area contributed by atoms with E-state index >= 15 is 0 Å². The Kier molecular flexibility index (Phi) is 7.44. The van der Waals surface area contributed by atoms with Crippen molar-refractivity contribution >= 4 is 59.9 Å². The van der Waals surface area contributed by atoms with Crippen LogP contribution in [0.15, 0.2) is 85.1 Å². The quantitative estimate of drug-likeness (QED) is 0.0866. The average Bonchev–Trinajstić information content (AvgIpc) is 4.03. The molecule has 5 heteroatoms.